The van der Waals surface area contributed by atoms with Gasteiger partial charge in [-0.1, -0.05) is 18.2 Å². The van der Waals surface area contributed by atoms with Crippen LogP contribution in [0.5, 0.6) is 5.75 Å². The van der Waals surface area contributed by atoms with Crippen LogP contribution in [0.15, 0.2) is 43.2 Å². The summed E-state index contributed by atoms with van der Waals surface area (Å²) in [7, 11) is 1.50. The smallest absolute Gasteiger partial charge is 0.273 e. The monoisotopic (exact) mass is 314 g/mol. The van der Waals surface area contributed by atoms with E-state index in [1.54, 1.807) is 30.3 Å². The number of carbonyl (C=O) groups is 1. The summed E-state index contributed by atoms with van der Waals surface area (Å²) in [4.78, 5) is 20.2. The average Bonchev–Trinajstić information content (AvgIpc) is 2.59. The van der Waals surface area contributed by atoms with Crippen LogP contribution in [0, 0.1) is 0 Å². The molecule has 2 rings (SSSR count). The first kappa shape index (κ1) is 16.1. The van der Waals surface area contributed by atoms with Crippen LogP contribution in [0.2, 0.25) is 0 Å². The van der Waals surface area contributed by atoms with Crippen molar-refractivity contribution in [2.24, 2.45) is 0 Å². The number of amides is 1. The lowest BCUT2D eigenvalue weighted by Crippen LogP contribution is -2.30. The predicted octanol–water partition coefficient (Wildman–Crippen LogP) is 1.42. The lowest BCUT2D eigenvalue weighted by molar-refractivity contribution is 0.0959. The topological polar surface area (TPSA) is 114 Å². The van der Waals surface area contributed by atoms with Crippen LogP contribution in [-0.2, 0) is 0 Å². The van der Waals surface area contributed by atoms with E-state index in [9.17, 15) is 4.79 Å². The number of carbonyl (C=O) groups excluding carboxylic acids is 1. The van der Waals surface area contributed by atoms with Gasteiger partial charge < -0.3 is 15.8 Å². The normalized spacial score (nSPS) is 9.78. The molecule has 0 aliphatic carbocycles. The number of rotatable bonds is 7. The first-order chi connectivity index (χ1) is 11.2. The van der Waals surface area contributed by atoms with Crippen LogP contribution in [-0.4, -0.2) is 29.5 Å². The third-order valence-corrected chi connectivity index (χ3v) is 2.94. The Morgan fingerprint density at radius 2 is 2.09 bits per heavy atom. The van der Waals surface area contributed by atoms with Crippen LogP contribution in [0.1, 0.15) is 10.4 Å². The van der Waals surface area contributed by atoms with Gasteiger partial charge in [0.15, 0.2) is 11.6 Å². The fraction of sp³-hybridized carbons (Fsp3) is 0.133. The molecule has 0 bridgehead atoms. The molecule has 0 radical (unpaired) electrons. The van der Waals surface area contributed by atoms with Gasteiger partial charge in [-0.3, -0.25) is 15.6 Å². The summed E-state index contributed by atoms with van der Waals surface area (Å²) in [5.74, 6) is 0.834. The number of nitrogens with zero attached hydrogens (tertiary/aromatic N) is 2. The van der Waals surface area contributed by atoms with Crippen molar-refractivity contribution in [2.45, 2.75) is 0 Å². The van der Waals surface area contributed by atoms with Crippen LogP contribution < -0.4 is 26.6 Å². The van der Waals surface area contributed by atoms with Gasteiger partial charge in [0.2, 0.25) is 0 Å². The van der Waals surface area contributed by atoms with Gasteiger partial charge in [-0.25, -0.2) is 9.97 Å². The zero-order chi connectivity index (χ0) is 16.7. The van der Waals surface area contributed by atoms with Crippen molar-refractivity contribution in [1.29, 1.82) is 0 Å². The molecule has 0 spiro atoms. The zero-order valence-corrected chi connectivity index (χ0v) is 12.7. The van der Waals surface area contributed by atoms with Crippen molar-refractivity contribution < 1.29 is 9.53 Å². The fourth-order valence-corrected chi connectivity index (χ4v) is 1.82. The molecule has 8 nitrogen and oxygen atoms in total. The predicted molar refractivity (Wildman–Crippen MR) is 89.2 cm³/mol. The Morgan fingerprint density at radius 3 is 2.83 bits per heavy atom. The molecule has 5 N–H and O–H groups in total. The van der Waals surface area contributed by atoms with Crippen molar-refractivity contribution in [2.75, 3.05) is 30.1 Å². The second kappa shape index (κ2) is 7.64. The Bertz CT molecular complexity index is 704. The van der Waals surface area contributed by atoms with Gasteiger partial charge in [-0.05, 0) is 12.1 Å². The Hall–Kier alpha value is -3.29. The molecule has 0 saturated heterocycles. The maximum absolute atomic E-state index is 12.2. The van der Waals surface area contributed by atoms with E-state index in [0.29, 0.717) is 23.7 Å². The molecule has 1 amide bonds. The minimum absolute atomic E-state index is 0.287. The Balaban J connectivity index is 2.08. The average molecular weight is 314 g/mol. The molecule has 0 saturated carbocycles. The number of benzene rings is 1. The number of ether oxygens (including phenoxy) is 1. The molecule has 120 valence electrons. The lowest BCUT2D eigenvalue weighted by atomic mass is 10.2. The van der Waals surface area contributed by atoms with Crippen molar-refractivity contribution in [3.63, 3.8) is 0 Å². The molecule has 1 heterocycles. The van der Waals surface area contributed by atoms with E-state index in [1.165, 1.54) is 13.4 Å². The number of hydrogen-bond acceptors (Lipinski definition) is 7. The third kappa shape index (κ3) is 3.88. The number of para-hydroxylation sites is 1. The standard InChI is InChI=1S/C15H18N6O2/c1-3-8-17-13-12(16)14(19-9-18-13)20-21-15(22)10-6-4-5-7-11(10)23-2/h3-7,9H,1,8,16H2,2H3,(H,21,22)(H2,17,18,19,20). The Kier molecular flexibility index (Phi) is 5.35. The van der Waals surface area contributed by atoms with Gasteiger partial charge >= 0.3 is 0 Å². The number of nitrogens with one attached hydrogen (secondary N) is 3. The number of nitrogens with two attached hydrogens (primary N) is 1. The van der Waals surface area contributed by atoms with Crippen LogP contribution in [0.25, 0.3) is 0 Å². The maximum atomic E-state index is 12.2. The summed E-state index contributed by atoms with van der Waals surface area (Å²) < 4.78 is 5.15. The van der Waals surface area contributed by atoms with Gasteiger partial charge in [-0.15, -0.1) is 6.58 Å². The molecule has 0 fully saturated rings. The first-order valence-electron chi connectivity index (χ1n) is 6.82. The summed E-state index contributed by atoms with van der Waals surface area (Å²) in [5, 5.41) is 2.97. The second-order valence-corrected chi connectivity index (χ2v) is 4.43. The van der Waals surface area contributed by atoms with Crippen molar-refractivity contribution in [3.8, 4) is 5.75 Å². The van der Waals surface area contributed by atoms with E-state index < -0.39 is 0 Å². The number of hydrazine groups is 1. The van der Waals surface area contributed by atoms with Gasteiger partial charge in [0.05, 0.1) is 12.7 Å². The molecule has 2 aromatic rings. The van der Waals surface area contributed by atoms with Gasteiger partial charge in [-0.2, -0.15) is 0 Å². The van der Waals surface area contributed by atoms with E-state index in [4.69, 9.17) is 10.5 Å². The second-order valence-electron chi connectivity index (χ2n) is 4.43. The maximum Gasteiger partial charge on any atom is 0.273 e. The number of hydrogen-bond donors (Lipinski definition) is 4. The third-order valence-electron chi connectivity index (χ3n) is 2.94. The highest BCUT2D eigenvalue weighted by Crippen LogP contribution is 2.22. The van der Waals surface area contributed by atoms with Crippen LogP contribution in [0.3, 0.4) is 0 Å². The molecule has 1 aromatic heterocycles. The van der Waals surface area contributed by atoms with E-state index in [-0.39, 0.29) is 17.4 Å². The summed E-state index contributed by atoms with van der Waals surface area (Å²) >= 11 is 0. The van der Waals surface area contributed by atoms with E-state index in [1.807, 2.05) is 0 Å². The van der Waals surface area contributed by atoms with Crippen molar-refractivity contribution in [3.05, 3.63) is 48.8 Å². The van der Waals surface area contributed by atoms with Gasteiger partial charge in [0.1, 0.15) is 17.8 Å². The highest BCUT2D eigenvalue weighted by atomic mass is 16.5. The quantitative estimate of drug-likeness (QED) is 0.451. The molecule has 0 unspecified atom stereocenters. The van der Waals surface area contributed by atoms with E-state index >= 15 is 0 Å². The molecular formula is C15H18N6O2. The SMILES string of the molecule is C=CCNc1ncnc(NNC(=O)c2ccccc2OC)c1N. The van der Waals surface area contributed by atoms with E-state index in [2.05, 4.69) is 32.7 Å². The first-order valence-corrected chi connectivity index (χ1v) is 6.82. The minimum Gasteiger partial charge on any atom is -0.496 e. The molecule has 0 atom stereocenters. The lowest BCUT2D eigenvalue weighted by Gasteiger charge is -2.13. The summed E-state index contributed by atoms with van der Waals surface area (Å²) in [5.41, 5.74) is 11.8. The Morgan fingerprint density at radius 1 is 1.35 bits per heavy atom. The molecular weight excluding hydrogens is 296 g/mol. The molecule has 23 heavy (non-hydrogen) atoms. The summed E-state index contributed by atoms with van der Waals surface area (Å²) in [6, 6.07) is 6.87. The van der Waals surface area contributed by atoms with Gasteiger partial charge in [0.25, 0.3) is 5.91 Å². The molecule has 8 heteroatoms. The Labute approximate surface area is 133 Å². The number of nitrogen functional groups attached to an aromatic ring is 1. The number of aromatic nitrogens is 2. The minimum atomic E-state index is -0.374. The highest BCUT2D eigenvalue weighted by Gasteiger charge is 2.13. The van der Waals surface area contributed by atoms with Crippen molar-refractivity contribution in [1.82, 2.24) is 15.4 Å². The van der Waals surface area contributed by atoms with Crippen LogP contribution in [0.4, 0.5) is 17.3 Å². The van der Waals surface area contributed by atoms with Crippen LogP contribution >= 0.6 is 0 Å². The number of methoxy groups -OCH3 is 1. The molecule has 0 aliphatic rings. The highest BCUT2D eigenvalue weighted by molar-refractivity contribution is 5.97. The molecule has 1 aromatic carbocycles. The largest absolute Gasteiger partial charge is 0.496 e. The molecule has 0 aliphatic heterocycles. The van der Waals surface area contributed by atoms with Gasteiger partial charge in [0, 0.05) is 6.54 Å². The summed E-state index contributed by atoms with van der Waals surface area (Å²) in [6.45, 7) is 4.11. The summed E-state index contributed by atoms with van der Waals surface area (Å²) in [6.07, 6.45) is 3.01. The van der Waals surface area contributed by atoms with E-state index in [0.717, 1.165) is 0 Å². The zero-order valence-electron chi connectivity index (χ0n) is 12.7. The fourth-order valence-electron chi connectivity index (χ4n) is 1.82. The number of anilines is 3. The van der Waals surface area contributed by atoms with Crippen molar-refractivity contribution >= 4 is 23.2 Å².